The first-order chi connectivity index (χ1) is 9.58. The molecule has 1 heterocycles. The number of nitrogens with zero attached hydrogens (tertiary/aromatic N) is 1. The Labute approximate surface area is 118 Å². The fourth-order valence-corrected chi connectivity index (χ4v) is 2.40. The molecule has 1 saturated heterocycles. The molecule has 0 unspecified atom stereocenters. The van der Waals surface area contributed by atoms with Crippen LogP contribution in [-0.4, -0.2) is 41.1 Å². The highest BCUT2D eigenvalue weighted by Crippen LogP contribution is 2.17. The average molecular weight is 277 g/mol. The van der Waals surface area contributed by atoms with E-state index in [0.717, 1.165) is 25.8 Å². The molecule has 1 N–H and O–H groups in total. The third kappa shape index (κ3) is 3.50. The predicted molar refractivity (Wildman–Crippen MR) is 73.4 cm³/mol. The second-order valence-corrected chi connectivity index (χ2v) is 5.06. The molecule has 0 aliphatic carbocycles. The van der Waals surface area contributed by atoms with Crippen LogP contribution >= 0.6 is 0 Å². The third-order valence-corrected chi connectivity index (χ3v) is 3.53. The maximum Gasteiger partial charge on any atom is 0.338 e. The van der Waals surface area contributed by atoms with Crippen molar-refractivity contribution in [3.8, 4) is 5.75 Å². The van der Waals surface area contributed by atoms with E-state index in [2.05, 4.69) is 0 Å². The molecular formula is C15H19NO4. The summed E-state index contributed by atoms with van der Waals surface area (Å²) in [5.41, 5.74) is 0.240. The van der Waals surface area contributed by atoms with Crippen LogP contribution in [0.15, 0.2) is 24.3 Å². The van der Waals surface area contributed by atoms with E-state index in [9.17, 15) is 14.7 Å². The van der Waals surface area contributed by atoms with Gasteiger partial charge in [0.1, 0.15) is 5.75 Å². The Hall–Kier alpha value is -2.04. The molecule has 20 heavy (non-hydrogen) atoms. The zero-order valence-corrected chi connectivity index (χ0v) is 11.5. The van der Waals surface area contributed by atoms with Crippen LogP contribution in [0.4, 0.5) is 0 Å². The van der Waals surface area contributed by atoms with E-state index in [-0.39, 0.29) is 29.9 Å². The summed E-state index contributed by atoms with van der Waals surface area (Å²) >= 11 is 0. The van der Waals surface area contributed by atoms with Crippen LogP contribution in [0.2, 0.25) is 0 Å². The maximum atomic E-state index is 12.0. The van der Waals surface area contributed by atoms with Gasteiger partial charge in [-0.1, -0.05) is 6.07 Å². The number of hydrogen-bond donors (Lipinski definition) is 1. The van der Waals surface area contributed by atoms with Crippen molar-refractivity contribution in [2.75, 3.05) is 13.2 Å². The Balaban J connectivity index is 1.88. The monoisotopic (exact) mass is 277 g/mol. The molecule has 108 valence electrons. The molecule has 0 bridgehead atoms. The summed E-state index contributed by atoms with van der Waals surface area (Å²) in [6.07, 6.45) is 3.12. The van der Waals surface area contributed by atoms with Gasteiger partial charge in [0.05, 0.1) is 5.56 Å². The number of likely N-dealkylation sites (tertiary alicyclic amines) is 1. The summed E-state index contributed by atoms with van der Waals surface area (Å²) in [6.45, 7) is 2.48. The second kappa shape index (κ2) is 6.41. The van der Waals surface area contributed by atoms with E-state index in [1.54, 1.807) is 11.0 Å². The Bertz CT molecular complexity index is 500. The van der Waals surface area contributed by atoms with Gasteiger partial charge in [-0.05, 0) is 44.4 Å². The Morgan fingerprint density at radius 2 is 2.20 bits per heavy atom. The van der Waals surface area contributed by atoms with Crippen molar-refractivity contribution in [3.63, 3.8) is 0 Å². The van der Waals surface area contributed by atoms with Crippen LogP contribution in [0.5, 0.6) is 5.75 Å². The molecule has 1 amide bonds. The van der Waals surface area contributed by atoms with Crippen LogP contribution in [0, 0.1) is 0 Å². The Morgan fingerprint density at radius 3 is 2.90 bits per heavy atom. The molecule has 1 atom stereocenters. The lowest BCUT2D eigenvalue weighted by Crippen LogP contribution is -2.44. The van der Waals surface area contributed by atoms with Crippen molar-refractivity contribution < 1.29 is 19.4 Å². The van der Waals surface area contributed by atoms with Crippen LogP contribution < -0.4 is 0 Å². The number of piperidine rings is 1. The number of ether oxygens (including phenoxy) is 1. The molecule has 1 aromatic rings. The van der Waals surface area contributed by atoms with Crippen LogP contribution in [0.1, 0.15) is 36.5 Å². The summed E-state index contributed by atoms with van der Waals surface area (Å²) in [4.78, 5) is 25.5. The minimum absolute atomic E-state index is 0.00423. The molecule has 1 aliphatic rings. The van der Waals surface area contributed by atoms with Gasteiger partial charge < -0.3 is 14.7 Å². The highest BCUT2D eigenvalue weighted by molar-refractivity contribution is 5.91. The molecule has 0 spiro atoms. The van der Waals surface area contributed by atoms with Gasteiger partial charge in [0, 0.05) is 12.6 Å². The number of hydrogen-bond acceptors (Lipinski definition) is 4. The summed E-state index contributed by atoms with van der Waals surface area (Å²) in [5.74, 6) is -0.764. The molecule has 0 saturated carbocycles. The van der Waals surface area contributed by atoms with Gasteiger partial charge in [0.25, 0.3) is 5.91 Å². The lowest BCUT2D eigenvalue weighted by atomic mass is 10.0. The number of rotatable bonds is 3. The second-order valence-electron chi connectivity index (χ2n) is 5.06. The minimum Gasteiger partial charge on any atom is -0.508 e. The standard InChI is InChI=1S/C15H19NO4/c1-11-5-2-3-8-16(11)14(18)10-20-15(19)12-6-4-7-13(17)9-12/h4,6-7,9,11,17H,2-3,5,8,10H2,1H3/t11-/m0/s1. The summed E-state index contributed by atoms with van der Waals surface area (Å²) in [5, 5.41) is 9.29. The number of aromatic hydroxyl groups is 1. The number of phenolic OH excluding ortho intramolecular Hbond substituents is 1. The normalized spacial score (nSPS) is 18.6. The van der Waals surface area contributed by atoms with Crippen molar-refractivity contribution in [3.05, 3.63) is 29.8 Å². The molecule has 1 fully saturated rings. The Morgan fingerprint density at radius 1 is 1.40 bits per heavy atom. The van der Waals surface area contributed by atoms with Gasteiger partial charge in [-0.2, -0.15) is 0 Å². The van der Waals surface area contributed by atoms with E-state index in [1.165, 1.54) is 18.2 Å². The number of phenols is 1. The largest absolute Gasteiger partial charge is 0.508 e. The van der Waals surface area contributed by atoms with Crippen molar-refractivity contribution in [1.82, 2.24) is 4.90 Å². The molecule has 1 aliphatic heterocycles. The first-order valence-electron chi connectivity index (χ1n) is 6.83. The van der Waals surface area contributed by atoms with Gasteiger partial charge >= 0.3 is 5.97 Å². The molecular weight excluding hydrogens is 258 g/mol. The number of esters is 1. The zero-order chi connectivity index (χ0) is 14.5. The van der Waals surface area contributed by atoms with Crippen molar-refractivity contribution in [2.24, 2.45) is 0 Å². The Kier molecular flexibility index (Phi) is 4.61. The van der Waals surface area contributed by atoms with E-state index < -0.39 is 5.97 Å². The van der Waals surface area contributed by atoms with E-state index in [4.69, 9.17) is 4.74 Å². The maximum absolute atomic E-state index is 12.0. The fourth-order valence-electron chi connectivity index (χ4n) is 2.40. The van der Waals surface area contributed by atoms with E-state index in [0.29, 0.717) is 0 Å². The highest BCUT2D eigenvalue weighted by Gasteiger charge is 2.24. The SMILES string of the molecule is C[C@H]1CCCCN1C(=O)COC(=O)c1cccc(O)c1. The smallest absolute Gasteiger partial charge is 0.338 e. The molecule has 2 rings (SSSR count). The van der Waals surface area contributed by atoms with Gasteiger partial charge in [-0.15, -0.1) is 0 Å². The van der Waals surface area contributed by atoms with E-state index >= 15 is 0 Å². The number of amides is 1. The van der Waals surface area contributed by atoms with Gasteiger partial charge in [-0.25, -0.2) is 4.79 Å². The first kappa shape index (κ1) is 14.4. The molecule has 0 aromatic heterocycles. The van der Waals surface area contributed by atoms with Gasteiger partial charge in [-0.3, -0.25) is 4.79 Å². The van der Waals surface area contributed by atoms with Crippen molar-refractivity contribution in [1.29, 1.82) is 0 Å². The zero-order valence-electron chi connectivity index (χ0n) is 11.5. The predicted octanol–water partition coefficient (Wildman–Crippen LogP) is 1.95. The number of carbonyl (C=O) groups excluding carboxylic acids is 2. The topological polar surface area (TPSA) is 66.8 Å². The first-order valence-corrected chi connectivity index (χ1v) is 6.83. The van der Waals surface area contributed by atoms with Crippen molar-refractivity contribution in [2.45, 2.75) is 32.2 Å². The summed E-state index contributed by atoms with van der Waals surface area (Å²) < 4.78 is 5.01. The molecule has 5 nitrogen and oxygen atoms in total. The van der Waals surface area contributed by atoms with Crippen LogP contribution in [0.25, 0.3) is 0 Å². The average Bonchev–Trinajstić information content (AvgIpc) is 2.45. The quantitative estimate of drug-likeness (QED) is 0.857. The summed E-state index contributed by atoms with van der Waals surface area (Å²) in [7, 11) is 0. The third-order valence-electron chi connectivity index (χ3n) is 3.53. The lowest BCUT2D eigenvalue weighted by Gasteiger charge is -2.33. The lowest BCUT2D eigenvalue weighted by molar-refractivity contribution is -0.137. The molecule has 1 aromatic carbocycles. The van der Waals surface area contributed by atoms with Gasteiger partial charge in [0.2, 0.25) is 0 Å². The van der Waals surface area contributed by atoms with Gasteiger partial charge in [0.15, 0.2) is 6.61 Å². The minimum atomic E-state index is -0.598. The van der Waals surface area contributed by atoms with E-state index in [1.807, 2.05) is 6.92 Å². The molecule has 0 radical (unpaired) electrons. The molecule has 5 heteroatoms. The highest BCUT2D eigenvalue weighted by atomic mass is 16.5. The fraction of sp³-hybridized carbons (Fsp3) is 0.467. The number of benzene rings is 1. The van der Waals surface area contributed by atoms with Crippen molar-refractivity contribution >= 4 is 11.9 Å². The van der Waals surface area contributed by atoms with Crippen LogP contribution in [-0.2, 0) is 9.53 Å². The van der Waals surface area contributed by atoms with Crippen LogP contribution in [0.3, 0.4) is 0 Å². The summed E-state index contributed by atoms with van der Waals surface area (Å²) in [6, 6.07) is 6.08. The number of carbonyl (C=O) groups is 2.